The molecule has 0 aliphatic rings. The molecule has 0 unspecified atom stereocenters. The first-order chi connectivity index (χ1) is 6.77. The molecule has 0 aliphatic carbocycles. The Bertz CT molecular complexity index is 462. The fraction of sp³-hybridized carbons (Fsp3) is 0.200. The molecule has 0 atom stereocenters. The lowest BCUT2D eigenvalue weighted by Gasteiger charge is -2.02. The Balaban J connectivity index is 2.72. The average molecular weight is 242 g/mol. The molecule has 0 bridgehead atoms. The number of aliphatic hydroxyl groups is 1. The van der Waals surface area contributed by atoms with Crippen molar-refractivity contribution in [3.05, 3.63) is 23.1 Å². The molecule has 0 radical (unpaired) electrons. The van der Waals surface area contributed by atoms with E-state index in [-0.39, 0.29) is 6.61 Å². The van der Waals surface area contributed by atoms with Crippen LogP contribution in [0.3, 0.4) is 0 Å². The van der Waals surface area contributed by atoms with E-state index in [9.17, 15) is 0 Å². The van der Waals surface area contributed by atoms with Gasteiger partial charge in [-0.1, -0.05) is 6.07 Å². The van der Waals surface area contributed by atoms with Crippen LogP contribution in [0.25, 0.3) is 10.1 Å². The van der Waals surface area contributed by atoms with E-state index >= 15 is 0 Å². The average Bonchev–Trinajstić information content (AvgIpc) is 2.62. The maximum Gasteiger partial charge on any atom is 0.0696 e. The van der Waals surface area contributed by atoms with E-state index in [1.807, 2.05) is 11.6 Å². The molecule has 1 aromatic carbocycles. The number of aliphatic hydroxyl groups excluding tert-OH is 1. The smallest absolute Gasteiger partial charge is 0.0696 e. The molecule has 0 saturated carbocycles. The number of hydrogen-bond acceptors (Lipinski definition) is 4. The minimum atomic E-state index is 0.103. The van der Waals surface area contributed by atoms with Gasteiger partial charge in [-0.15, -0.1) is 35.7 Å². The summed E-state index contributed by atoms with van der Waals surface area (Å²) in [6.45, 7) is 0.103. The molecule has 0 spiro atoms. The van der Waals surface area contributed by atoms with E-state index in [0.29, 0.717) is 0 Å². The minimum Gasteiger partial charge on any atom is -0.392 e. The van der Waals surface area contributed by atoms with Gasteiger partial charge >= 0.3 is 0 Å². The maximum absolute atomic E-state index is 9.12. The van der Waals surface area contributed by atoms with Crippen LogP contribution in [-0.2, 0) is 6.61 Å². The summed E-state index contributed by atoms with van der Waals surface area (Å²) < 4.78 is 1.17. The zero-order valence-electron chi connectivity index (χ0n) is 7.65. The minimum absolute atomic E-state index is 0.103. The Hall–Kier alpha value is -0.160. The van der Waals surface area contributed by atoms with Crippen molar-refractivity contribution >= 4 is 45.8 Å². The number of benzene rings is 1. The van der Waals surface area contributed by atoms with Gasteiger partial charge in [0.25, 0.3) is 0 Å². The molecule has 0 amide bonds. The van der Waals surface area contributed by atoms with Crippen LogP contribution in [-0.4, -0.2) is 11.4 Å². The number of rotatable bonds is 2. The van der Waals surface area contributed by atoms with Gasteiger partial charge in [0.05, 0.1) is 6.61 Å². The number of fused-ring (bicyclic) bond motifs is 1. The highest BCUT2D eigenvalue weighted by Crippen LogP contribution is 2.36. The van der Waals surface area contributed by atoms with Crippen LogP contribution in [0.4, 0.5) is 0 Å². The van der Waals surface area contributed by atoms with Gasteiger partial charge in [-0.25, -0.2) is 0 Å². The maximum atomic E-state index is 9.12. The molecule has 1 nitrogen and oxygen atoms in total. The largest absolute Gasteiger partial charge is 0.392 e. The predicted octanol–water partition coefficient (Wildman–Crippen LogP) is 3.40. The van der Waals surface area contributed by atoms with Crippen LogP contribution in [0, 0.1) is 0 Å². The summed E-state index contributed by atoms with van der Waals surface area (Å²) in [5, 5.41) is 12.2. The molecule has 14 heavy (non-hydrogen) atoms. The second kappa shape index (κ2) is 4.14. The highest BCUT2D eigenvalue weighted by molar-refractivity contribution is 7.99. The first kappa shape index (κ1) is 10.4. The van der Waals surface area contributed by atoms with Gasteiger partial charge < -0.3 is 5.11 Å². The second-order valence-corrected chi connectivity index (χ2v) is 5.09. The van der Waals surface area contributed by atoms with Crippen LogP contribution in [0.15, 0.2) is 27.3 Å². The molecule has 0 saturated heterocycles. The summed E-state index contributed by atoms with van der Waals surface area (Å²) in [5.74, 6) is 0. The summed E-state index contributed by atoms with van der Waals surface area (Å²) in [6, 6.07) is 4.12. The van der Waals surface area contributed by atoms with Crippen LogP contribution in [0.5, 0.6) is 0 Å². The van der Waals surface area contributed by atoms with E-state index in [2.05, 4.69) is 24.8 Å². The van der Waals surface area contributed by atoms with Gasteiger partial charge in [0.1, 0.15) is 0 Å². The van der Waals surface area contributed by atoms with Crippen LogP contribution in [0.1, 0.15) is 5.56 Å². The summed E-state index contributed by atoms with van der Waals surface area (Å²) in [4.78, 5) is 2.21. The molecule has 0 aliphatic heterocycles. The van der Waals surface area contributed by atoms with Crippen molar-refractivity contribution in [1.29, 1.82) is 0 Å². The molecule has 4 heteroatoms. The highest BCUT2D eigenvalue weighted by Gasteiger charge is 2.08. The Morgan fingerprint density at radius 1 is 1.50 bits per heavy atom. The number of thiophene rings is 1. The molecule has 1 heterocycles. The lowest BCUT2D eigenvalue weighted by molar-refractivity contribution is 0.284. The second-order valence-electron chi connectivity index (χ2n) is 2.91. The standard InChI is InChI=1S/C10H10OS3/c1-13-8-3-2-7-6(4-11)5-14-10(7)9(8)12/h2-3,5,11-12H,4H2,1H3. The fourth-order valence-corrected chi connectivity index (χ4v) is 3.61. The topological polar surface area (TPSA) is 20.2 Å². The lowest BCUT2D eigenvalue weighted by Crippen LogP contribution is -1.80. The molecule has 1 aromatic heterocycles. The lowest BCUT2D eigenvalue weighted by atomic mass is 10.2. The van der Waals surface area contributed by atoms with E-state index in [1.165, 1.54) is 9.60 Å². The molecule has 2 aromatic rings. The summed E-state index contributed by atoms with van der Waals surface area (Å²) in [5.41, 5.74) is 0.993. The van der Waals surface area contributed by atoms with Gasteiger partial charge in [0.2, 0.25) is 0 Å². The highest BCUT2D eigenvalue weighted by atomic mass is 32.2. The van der Waals surface area contributed by atoms with Gasteiger partial charge in [0, 0.05) is 14.5 Å². The van der Waals surface area contributed by atoms with E-state index in [4.69, 9.17) is 5.11 Å². The first-order valence-corrected chi connectivity index (χ1v) is 6.70. The summed E-state index contributed by atoms with van der Waals surface area (Å²) >= 11 is 7.84. The Morgan fingerprint density at radius 3 is 2.93 bits per heavy atom. The predicted molar refractivity (Wildman–Crippen MR) is 66.8 cm³/mol. The van der Waals surface area contributed by atoms with Crippen molar-refractivity contribution in [3.63, 3.8) is 0 Å². The van der Waals surface area contributed by atoms with E-state index < -0.39 is 0 Å². The van der Waals surface area contributed by atoms with E-state index in [0.717, 1.165) is 15.8 Å². The molecule has 74 valence electrons. The monoisotopic (exact) mass is 242 g/mol. The molecule has 2 rings (SSSR count). The molecule has 1 N–H and O–H groups in total. The van der Waals surface area contributed by atoms with Gasteiger partial charge in [-0.05, 0) is 28.7 Å². The summed E-state index contributed by atoms with van der Waals surface area (Å²) in [6.07, 6.45) is 2.04. The Kier molecular flexibility index (Phi) is 3.07. The third-order valence-corrected chi connectivity index (χ3v) is 4.76. The van der Waals surface area contributed by atoms with Crippen molar-refractivity contribution in [2.45, 2.75) is 16.4 Å². The van der Waals surface area contributed by atoms with Crippen LogP contribution < -0.4 is 0 Å². The molecule has 0 fully saturated rings. The van der Waals surface area contributed by atoms with Gasteiger partial charge in [-0.2, -0.15) is 0 Å². The zero-order valence-corrected chi connectivity index (χ0v) is 10.2. The van der Waals surface area contributed by atoms with Gasteiger partial charge in [-0.3, -0.25) is 0 Å². The number of thioether (sulfide) groups is 1. The molecular formula is C10H10OS3. The zero-order chi connectivity index (χ0) is 10.1. The van der Waals surface area contributed by atoms with Crippen molar-refractivity contribution in [2.24, 2.45) is 0 Å². The van der Waals surface area contributed by atoms with Crippen LogP contribution >= 0.6 is 35.7 Å². The SMILES string of the molecule is CSc1ccc2c(CO)csc2c1S. The van der Waals surface area contributed by atoms with Crippen molar-refractivity contribution in [1.82, 2.24) is 0 Å². The third-order valence-electron chi connectivity index (χ3n) is 2.15. The number of thiol groups is 1. The summed E-state index contributed by atoms with van der Waals surface area (Å²) in [7, 11) is 0. The fourth-order valence-electron chi connectivity index (χ4n) is 1.41. The Labute approximate surface area is 96.6 Å². The van der Waals surface area contributed by atoms with Crippen molar-refractivity contribution in [3.8, 4) is 0 Å². The quantitative estimate of drug-likeness (QED) is 0.622. The number of hydrogen-bond donors (Lipinski definition) is 2. The normalized spacial score (nSPS) is 11.1. The molecular weight excluding hydrogens is 232 g/mol. The Morgan fingerprint density at radius 2 is 2.29 bits per heavy atom. The third kappa shape index (κ3) is 1.56. The van der Waals surface area contributed by atoms with E-state index in [1.54, 1.807) is 23.1 Å². The first-order valence-electron chi connectivity index (χ1n) is 4.14. The van der Waals surface area contributed by atoms with Crippen LogP contribution in [0.2, 0.25) is 0 Å². The van der Waals surface area contributed by atoms with Crippen molar-refractivity contribution < 1.29 is 5.11 Å². The van der Waals surface area contributed by atoms with Gasteiger partial charge in [0.15, 0.2) is 0 Å². The van der Waals surface area contributed by atoms with Crippen molar-refractivity contribution in [2.75, 3.05) is 6.26 Å².